The Morgan fingerprint density at radius 2 is 1.76 bits per heavy atom. The van der Waals surface area contributed by atoms with Crippen molar-refractivity contribution in [3.05, 3.63) is 69.3 Å². The van der Waals surface area contributed by atoms with Crippen LogP contribution in [0.2, 0.25) is 0 Å². The number of hydrogen-bond acceptors (Lipinski definition) is 4. The van der Waals surface area contributed by atoms with Crippen molar-refractivity contribution in [1.82, 2.24) is 0 Å². The molecule has 0 fully saturated rings. The number of carbonyl (C=O) groups is 1. The van der Waals surface area contributed by atoms with Gasteiger partial charge in [0.25, 0.3) is 5.91 Å². The second-order valence-electron chi connectivity index (χ2n) is 5.06. The molecule has 3 aromatic rings. The first-order chi connectivity index (χ1) is 12.2. The van der Waals surface area contributed by atoms with E-state index < -0.39 is 0 Å². The zero-order valence-electron chi connectivity index (χ0n) is 13.5. The van der Waals surface area contributed by atoms with Crippen LogP contribution in [0.3, 0.4) is 0 Å². The van der Waals surface area contributed by atoms with E-state index in [9.17, 15) is 4.79 Å². The Morgan fingerprint density at radius 3 is 2.44 bits per heavy atom. The molecule has 128 valence electrons. The molecule has 0 radical (unpaired) electrons. The summed E-state index contributed by atoms with van der Waals surface area (Å²) in [6.45, 7) is 2.56. The number of halogens is 1. The number of carbonyl (C=O) groups excluding carboxylic acids is 1. The molecule has 0 atom stereocenters. The van der Waals surface area contributed by atoms with Crippen LogP contribution in [0.15, 0.2) is 64.5 Å². The third-order valence-corrected chi connectivity index (χ3v) is 4.92. The summed E-state index contributed by atoms with van der Waals surface area (Å²) in [6, 6.07) is 18.3. The van der Waals surface area contributed by atoms with E-state index in [4.69, 9.17) is 9.47 Å². The average molecular weight is 418 g/mol. The molecule has 3 rings (SSSR count). The lowest BCUT2D eigenvalue weighted by Gasteiger charge is -2.12. The maximum Gasteiger partial charge on any atom is 0.265 e. The van der Waals surface area contributed by atoms with Crippen molar-refractivity contribution < 1.29 is 14.3 Å². The Hall–Kier alpha value is -2.31. The van der Waals surface area contributed by atoms with Crippen LogP contribution in [-0.4, -0.2) is 12.5 Å². The van der Waals surface area contributed by atoms with Crippen molar-refractivity contribution in [2.45, 2.75) is 6.92 Å². The van der Waals surface area contributed by atoms with E-state index in [0.717, 1.165) is 9.54 Å². The Labute approximate surface area is 158 Å². The van der Waals surface area contributed by atoms with Gasteiger partial charge in [0.15, 0.2) is 5.75 Å². The van der Waals surface area contributed by atoms with Crippen LogP contribution in [0.25, 0.3) is 0 Å². The Bertz CT molecular complexity index is 861. The van der Waals surface area contributed by atoms with Crippen molar-refractivity contribution in [2.24, 2.45) is 0 Å². The van der Waals surface area contributed by atoms with Gasteiger partial charge < -0.3 is 14.8 Å². The fourth-order valence-corrected chi connectivity index (χ4v) is 3.46. The molecule has 0 aliphatic rings. The minimum absolute atomic E-state index is 0.168. The summed E-state index contributed by atoms with van der Waals surface area (Å²) in [5.41, 5.74) is 0.617. The first kappa shape index (κ1) is 17.5. The summed E-state index contributed by atoms with van der Waals surface area (Å²) in [5, 5.41) is 2.89. The SMILES string of the molecule is CCOc1ccc(Oc2ccccc2NC(=O)c2ccc(Br)s2)cc1. The second kappa shape index (κ2) is 8.18. The van der Waals surface area contributed by atoms with E-state index in [2.05, 4.69) is 21.2 Å². The molecule has 0 aliphatic heterocycles. The molecule has 0 saturated heterocycles. The highest BCUT2D eigenvalue weighted by atomic mass is 79.9. The molecule has 6 heteroatoms. The maximum atomic E-state index is 12.4. The van der Waals surface area contributed by atoms with Crippen LogP contribution < -0.4 is 14.8 Å². The monoisotopic (exact) mass is 417 g/mol. The zero-order valence-corrected chi connectivity index (χ0v) is 15.9. The summed E-state index contributed by atoms with van der Waals surface area (Å²) < 4.78 is 12.2. The lowest BCUT2D eigenvalue weighted by atomic mass is 10.2. The van der Waals surface area contributed by atoms with Gasteiger partial charge in [-0.05, 0) is 71.4 Å². The molecule has 0 saturated carbocycles. The molecule has 0 aliphatic carbocycles. The molecule has 0 bridgehead atoms. The average Bonchev–Trinajstić information content (AvgIpc) is 3.05. The predicted octanol–water partition coefficient (Wildman–Crippen LogP) is 5.95. The zero-order chi connectivity index (χ0) is 17.6. The number of benzene rings is 2. The smallest absolute Gasteiger partial charge is 0.265 e. The van der Waals surface area contributed by atoms with Gasteiger partial charge in [-0.3, -0.25) is 4.79 Å². The van der Waals surface area contributed by atoms with Gasteiger partial charge in [0.1, 0.15) is 11.5 Å². The third-order valence-electron chi connectivity index (χ3n) is 3.29. The molecule has 1 amide bonds. The highest BCUT2D eigenvalue weighted by Crippen LogP contribution is 2.31. The molecule has 1 heterocycles. The summed E-state index contributed by atoms with van der Waals surface area (Å²) in [5.74, 6) is 1.87. The lowest BCUT2D eigenvalue weighted by Crippen LogP contribution is -2.10. The normalized spacial score (nSPS) is 10.3. The largest absolute Gasteiger partial charge is 0.494 e. The van der Waals surface area contributed by atoms with Gasteiger partial charge in [-0.2, -0.15) is 0 Å². The van der Waals surface area contributed by atoms with E-state index in [1.807, 2.05) is 61.5 Å². The Kier molecular flexibility index (Phi) is 5.73. The first-order valence-electron chi connectivity index (χ1n) is 7.72. The van der Waals surface area contributed by atoms with Crippen LogP contribution in [-0.2, 0) is 0 Å². The highest BCUT2D eigenvalue weighted by Gasteiger charge is 2.12. The molecule has 2 aromatic carbocycles. The van der Waals surface area contributed by atoms with Gasteiger partial charge in [0, 0.05) is 0 Å². The van der Waals surface area contributed by atoms with Gasteiger partial charge in [-0.25, -0.2) is 0 Å². The predicted molar refractivity (Wildman–Crippen MR) is 104 cm³/mol. The standard InChI is InChI=1S/C19H16BrNO3S/c1-2-23-13-7-9-14(10-8-13)24-16-6-4-3-5-15(16)21-19(22)17-11-12-18(20)25-17/h3-12H,2H2,1H3,(H,21,22). The van der Waals surface area contributed by atoms with Crippen LogP contribution in [0, 0.1) is 0 Å². The van der Waals surface area contributed by atoms with Gasteiger partial charge in [-0.15, -0.1) is 11.3 Å². The number of anilines is 1. The number of thiophene rings is 1. The summed E-state index contributed by atoms with van der Waals surface area (Å²) in [7, 11) is 0. The number of nitrogens with one attached hydrogen (secondary N) is 1. The second-order valence-corrected chi connectivity index (χ2v) is 7.52. The van der Waals surface area contributed by atoms with Crippen molar-refractivity contribution >= 4 is 38.9 Å². The van der Waals surface area contributed by atoms with E-state index in [-0.39, 0.29) is 5.91 Å². The first-order valence-corrected chi connectivity index (χ1v) is 9.33. The summed E-state index contributed by atoms with van der Waals surface area (Å²) >= 11 is 4.75. The third kappa shape index (κ3) is 4.61. The van der Waals surface area contributed by atoms with E-state index in [1.54, 1.807) is 6.07 Å². The Balaban J connectivity index is 1.75. The maximum absolute atomic E-state index is 12.4. The van der Waals surface area contributed by atoms with E-state index >= 15 is 0 Å². The molecular weight excluding hydrogens is 402 g/mol. The van der Waals surface area contributed by atoms with Crippen LogP contribution in [0.1, 0.15) is 16.6 Å². The molecule has 25 heavy (non-hydrogen) atoms. The van der Waals surface area contributed by atoms with Gasteiger partial charge >= 0.3 is 0 Å². The van der Waals surface area contributed by atoms with E-state index in [0.29, 0.717) is 28.7 Å². The topological polar surface area (TPSA) is 47.6 Å². The molecule has 0 unspecified atom stereocenters. The number of rotatable bonds is 6. The number of amides is 1. The van der Waals surface area contributed by atoms with Crippen LogP contribution in [0.5, 0.6) is 17.2 Å². The fourth-order valence-electron chi connectivity index (χ4n) is 2.18. The molecule has 1 N–H and O–H groups in total. The summed E-state index contributed by atoms with van der Waals surface area (Å²) in [6.07, 6.45) is 0. The van der Waals surface area contributed by atoms with Gasteiger partial charge in [-0.1, -0.05) is 12.1 Å². The highest BCUT2D eigenvalue weighted by molar-refractivity contribution is 9.11. The van der Waals surface area contributed by atoms with Gasteiger partial charge in [0.05, 0.1) is 21.0 Å². The summed E-state index contributed by atoms with van der Waals surface area (Å²) in [4.78, 5) is 13.0. The van der Waals surface area contributed by atoms with Crippen molar-refractivity contribution in [3.63, 3.8) is 0 Å². The van der Waals surface area contributed by atoms with Crippen molar-refractivity contribution in [3.8, 4) is 17.2 Å². The molecule has 4 nitrogen and oxygen atoms in total. The molecular formula is C19H16BrNO3S. The fraction of sp³-hybridized carbons (Fsp3) is 0.105. The quantitative estimate of drug-likeness (QED) is 0.538. The van der Waals surface area contributed by atoms with Crippen LogP contribution in [0.4, 0.5) is 5.69 Å². The van der Waals surface area contributed by atoms with Crippen molar-refractivity contribution in [1.29, 1.82) is 0 Å². The molecule has 1 aromatic heterocycles. The van der Waals surface area contributed by atoms with Crippen molar-refractivity contribution in [2.75, 3.05) is 11.9 Å². The number of hydrogen-bond donors (Lipinski definition) is 1. The number of para-hydroxylation sites is 2. The van der Waals surface area contributed by atoms with Gasteiger partial charge in [0.2, 0.25) is 0 Å². The number of ether oxygens (including phenoxy) is 2. The molecule has 0 spiro atoms. The lowest BCUT2D eigenvalue weighted by molar-refractivity contribution is 0.103. The minimum atomic E-state index is -0.168. The van der Waals surface area contributed by atoms with E-state index in [1.165, 1.54) is 11.3 Å². The van der Waals surface area contributed by atoms with Crippen LogP contribution >= 0.6 is 27.3 Å². The Morgan fingerprint density at radius 1 is 1.04 bits per heavy atom. The minimum Gasteiger partial charge on any atom is -0.494 e.